The lowest BCUT2D eigenvalue weighted by Gasteiger charge is -2.40. The second-order valence-corrected chi connectivity index (χ2v) is 4.58. The summed E-state index contributed by atoms with van der Waals surface area (Å²) in [7, 11) is 0. The van der Waals surface area contributed by atoms with Crippen LogP contribution >= 0.6 is 0 Å². The van der Waals surface area contributed by atoms with Gasteiger partial charge in [-0.05, 0) is 0 Å². The van der Waals surface area contributed by atoms with Crippen LogP contribution in [0.2, 0.25) is 0 Å². The van der Waals surface area contributed by atoms with Crippen molar-refractivity contribution in [1.82, 2.24) is 5.32 Å². The molecule has 22 heavy (non-hydrogen) atoms. The van der Waals surface area contributed by atoms with Crippen LogP contribution in [0.4, 0.5) is 0 Å². The Bertz CT molecular complexity index is 367. The summed E-state index contributed by atoms with van der Waals surface area (Å²) in [5.41, 5.74) is 4.77. The van der Waals surface area contributed by atoms with Gasteiger partial charge in [0.2, 0.25) is 5.91 Å². The molecule has 0 saturated carbocycles. The number of ether oxygens (including phenoxy) is 1. The number of carboxylic acid groups (broad SMARTS) is 1. The number of carbonyl (C=O) groups is 2. The second-order valence-electron chi connectivity index (χ2n) is 4.58. The molecule has 130 valence electrons. The van der Waals surface area contributed by atoms with Gasteiger partial charge < -0.3 is 46.4 Å². The summed E-state index contributed by atoms with van der Waals surface area (Å²) in [4.78, 5) is 20.4. The fraction of sp³-hybridized carbons (Fsp3) is 0.818. The lowest BCUT2D eigenvalue weighted by atomic mass is 9.97. The van der Waals surface area contributed by atoms with Gasteiger partial charge in [0.05, 0.1) is 13.2 Å². The molecule has 1 amide bonds. The molecule has 0 bridgehead atoms. The van der Waals surface area contributed by atoms with E-state index >= 15 is 0 Å². The molecule has 0 aromatic rings. The Kier molecular flexibility index (Phi) is 9.04. The van der Waals surface area contributed by atoms with E-state index in [0.717, 1.165) is 0 Å². The summed E-state index contributed by atoms with van der Waals surface area (Å²) >= 11 is 0. The smallest absolute Gasteiger partial charge is 0.322 e. The van der Waals surface area contributed by atoms with Gasteiger partial charge in [-0.3, -0.25) is 9.59 Å². The van der Waals surface area contributed by atoms with Crippen LogP contribution < -0.4 is 11.1 Å². The van der Waals surface area contributed by atoms with Crippen molar-refractivity contribution in [3.8, 4) is 0 Å². The number of aliphatic hydroxyl groups is 5. The zero-order valence-corrected chi connectivity index (χ0v) is 11.9. The van der Waals surface area contributed by atoms with Crippen molar-refractivity contribution in [1.29, 1.82) is 0 Å². The van der Waals surface area contributed by atoms with Crippen LogP contribution in [-0.2, 0) is 14.3 Å². The van der Waals surface area contributed by atoms with Crippen molar-refractivity contribution in [2.24, 2.45) is 5.73 Å². The first-order valence-electron chi connectivity index (χ1n) is 6.32. The van der Waals surface area contributed by atoms with Gasteiger partial charge in [-0.1, -0.05) is 0 Å². The van der Waals surface area contributed by atoms with E-state index in [4.69, 9.17) is 25.8 Å². The molecule has 1 rings (SSSR count). The van der Waals surface area contributed by atoms with Gasteiger partial charge in [-0.2, -0.15) is 0 Å². The van der Waals surface area contributed by atoms with Crippen molar-refractivity contribution in [2.75, 3.05) is 13.2 Å². The third-order valence-corrected chi connectivity index (χ3v) is 2.78. The maximum absolute atomic E-state index is 10.7. The molecule has 1 aliphatic rings. The van der Waals surface area contributed by atoms with Crippen molar-refractivity contribution >= 4 is 11.9 Å². The Morgan fingerprint density at radius 2 is 1.77 bits per heavy atom. The Morgan fingerprint density at radius 1 is 1.23 bits per heavy atom. The van der Waals surface area contributed by atoms with Gasteiger partial charge in [-0.15, -0.1) is 0 Å². The molecule has 11 nitrogen and oxygen atoms in total. The van der Waals surface area contributed by atoms with Gasteiger partial charge in [0.1, 0.15) is 30.4 Å². The topological polar surface area (TPSA) is 203 Å². The van der Waals surface area contributed by atoms with Crippen LogP contribution in [0.3, 0.4) is 0 Å². The van der Waals surface area contributed by atoms with Gasteiger partial charge in [0.15, 0.2) is 6.29 Å². The second kappa shape index (κ2) is 9.63. The Labute approximate surface area is 125 Å². The number of hydrogen-bond donors (Lipinski definition) is 8. The number of rotatable bonds is 4. The zero-order valence-electron chi connectivity index (χ0n) is 11.9. The molecular formula is C11H22N2O9. The number of carbonyl (C=O) groups excluding carboxylic acids is 1. The Morgan fingerprint density at radius 3 is 2.09 bits per heavy atom. The Hall–Kier alpha value is -1.34. The van der Waals surface area contributed by atoms with E-state index in [2.05, 4.69) is 5.32 Å². The van der Waals surface area contributed by atoms with E-state index in [1.165, 1.54) is 6.92 Å². The van der Waals surface area contributed by atoms with Crippen LogP contribution in [0, 0.1) is 0 Å². The highest BCUT2D eigenvalue weighted by molar-refractivity contribution is 5.73. The summed E-state index contributed by atoms with van der Waals surface area (Å²) in [5, 5.41) is 55.3. The van der Waals surface area contributed by atoms with Crippen LogP contribution in [0.5, 0.6) is 0 Å². The number of nitrogens with one attached hydrogen (secondary N) is 1. The third kappa shape index (κ3) is 6.19. The fourth-order valence-electron chi connectivity index (χ4n) is 1.57. The molecule has 0 spiro atoms. The van der Waals surface area contributed by atoms with E-state index in [1.807, 2.05) is 0 Å². The molecule has 1 fully saturated rings. The monoisotopic (exact) mass is 326 g/mol. The molecule has 9 N–H and O–H groups in total. The zero-order chi connectivity index (χ0) is 17.4. The van der Waals surface area contributed by atoms with E-state index < -0.39 is 61.8 Å². The highest BCUT2D eigenvalue weighted by Crippen LogP contribution is 2.19. The van der Waals surface area contributed by atoms with Crippen LogP contribution in [-0.4, -0.2) is 92.4 Å². The first kappa shape index (κ1) is 20.7. The fourth-order valence-corrected chi connectivity index (χ4v) is 1.57. The molecule has 6 atom stereocenters. The molecule has 1 unspecified atom stereocenters. The third-order valence-electron chi connectivity index (χ3n) is 2.78. The number of amides is 1. The van der Waals surface area contributed by atoms with Crippen LogP contribution in [0.25, 0.3) is 0 Å². The predicted octanol–water partition coefficient (Wildman–Crippen LogP) is -4.69. The Balaban J connectivity index is 0.000000534. The molecule has 0 aliphatic carbocycles. The highest BCUT2D eigenvalue weighted by atomic mass is 16.6. The summed E-state index contributed by atoms with van der Waals surface area (Å²) < 4.78 is 4.81. The van der Waals surface area contributed by atoms with Crippen molar-refractivity contribution < 1.29 is 45.0 Å². The lowest BCUT2D eigenvalue weighted by Crippen LogP contribution is -2.63. The SMILES string of the molecule is CC(=O)N[C@H]1C(O)O[C@H](CO)[C@@H](O)[C@@H]1O.N[C@@H](CO)C(=O)O. The standard InChI is InChI=1S/C8H15NO6.C3H7NO3/c1-3(11)9-5-7(13)6(12)4(2-10)15-8(5)14;4-2(1-5)3(6)7/h4-8,10,12-14H,2H2,1H3,(H,9,11);2,5H,1,4H2,(H,6,7)/t4-,5-,6-,7-,8?;2-/m10/s1. The summed E-state index contributed by atoms with van der Waals surface area (Å²) in [6, 6.07) is -2.22. The van der Waals surface area contributed by atoms with E-state index in [9.17, 15) is 24.9 Å². The highest BCUT2D eigenvalue weighted by Gasteiger charge is 2.43. The molecule has 11 heteroatoms. The number of aliphatic hydroxyl groups excluding tert-OH is 5. The number of carboxylic acids is 1. The maximum atomic E-state index is 10.7. The van der Waals surface area contributed by atoms with Crippen LogP contribution in [0.1, 0.15) is 6.92 Å². The number of hydrogen-bond acceptors (Lipinski definition) is 9. The normalized spacial score (nSPS) is 32.4. The van der Waals surface area contributed by atoms with Gasteiger partial charge >= 0.3 is 5.97 Å². The quantitative estimate of drug-likeness (QED) is 0.248. The van der Waals surface area contributed by atoms with Gasteiger partial charge in [-0.25, -0.2) is 0 Å². The first-order chi connectivity index (χ1) is 10.1. The minimum Gasteiger partial charge on any atom is -0.480 e. The minimum atomic E-state index is -1.45. The lowest BCUT2D eigenvalue weighted by molar-refractivity contribution is -0.253. The van der Waals surface area contributed by atoms with Gasteiger partial charge in [0, 0.05) is 6.92 Å². The minimum absolute atomic E-state index is 0.462. The van der Waals surface area contributed by atoms with Crippen molar-refractivity contribution in [2.45, 2.75) is 43.6 Å². The summed E-state index contributed by atoms with van der Waals surface area (Å²) in [6.07, 6.45) is -5.24. The average Bonchev–Trinajstić information content (AvgIpc) is 2.46. The molecule has 0 radical (unpaired) electrons. The first-order valence-corrected chi connectivity index (χ1v) is 6.32. The number of aliphatic carboxylic acids is 1. The molecule has 0 aromatic heterocycles. The maximum Gasteiger partial charge on any atom is 0.322 e. The number of nitrogens with two attached hydrogens (primary N) is 1. The predicted molar refractivity (Wildman–Crippen MR) is 70.3 cm³/mol. The molecule has 1 saturated heterocycles. The summed E-state index contributed by atoms with van der Waals surface area (Å²) in [6.45, 7) is 0.182. The average molecular weight is 326 g/mol. The molecule has 1 aliphatic heterocycles. The van der Waals surface area contributed by atoms with Crippen molar-refractivity contribution in [3.05, 3.63) is 0 Å². The van der Waals surface area contributed by atoms with E-state index in [0.29, 0.717) is 0 Å². The van der Waals surface area contributed by atoms with Gasteiger partial charge in [0.25, 0.3) is 0 Å². The molecule has 1 heterocycles. The largest absolute Gasteiger partial charge is 0.480 e. The van der Waals surface area contributed by atoms with Crippen molar-refractivity contribution in [3.63, 3.8) is 0 Å². The molecule has 0 aromatic carbocycles. The van der Waals surface area contributed by atoms with E-state index in [-0.39, 0.29) is 0 Å². The van der Waals surface area contributed by atoms with E-state index in [1.54, 1.807) is 0 Å². The summed E-state index contributed by atoms with van der Waals surface area (Å²) in [5.74, 6) is -1.64. The molecular weight excluding hydrogens is 304 g/mol. The van der Waals surface area contributed by atoms with Crippen LogP contribution in [0.15, 0.2) is 0 Å².